The van der Waals surface area contributed by atoms with Crippen molar-refractivity contribution in [3.8, 4) is 11.5 Å². The molecule has 1 aromatic carbocycles. The number of ether oxygens (including phenoxy) is 2. The van der Waals surface area contributed by atoms with Crippen molar-refractivity contribution in [1.82, 2.24) is 9.97 Å². The second-order valence-corrected chi connectivity index (χ2v) is 7.03. The van der Waals surface area contributed by atoms with Crippen LogP contribution in [-0.4, -0.2) is 30.7 Å². The summed E-state index contributed by atoms with van der Waals surface area (Å²) in [5.41, 5.74) is 1.16. The molecule has 1 aliphatic carbocycles. The lowest BCUT2D eigenvalue weighted by Gasteiger charge is -2.27. The van der Waals surface area contributed by atoms with E-state index < -0.39 is 0 Å². The Morgan fingerprint density at radius 1 is 1.08 bits per heavy atom. The van der Waals surface area contributed by atoms with Gasteiger partial charge in [0.25, 0.3) is 0 Å². The summed E-state index contributed by atoms with van der Waals surface area (Å²) in [6.07, 6.45) is 4.49. The number of anilines is 1. The predicted octanol–water partition coefficient (Wildman–Crippen LogP) is 4.37. The maximum absolute atomic E-state index is 6.27. The number of halogens is 1. The standard InChI is InChI=1S/C19H22ClN3O2/c1-24-13-7-8-14(16(10-13)25-2)15-4-3-9-23(15)18-11-17(20)21-19(22-18)12-5-6-12/h7-8,10-12,15H,3-6,9H2,1-2H3. The van der Waals surface area contributed by atoms with Gasteiger partial charge in [0.05, 0.1) is 20.3 Å². The van der Waals surface area contributed by atoms with Gasteiger partial charge in [0.15, 0.2) is 0 Å². The molecule has 25 heavy (non-hydrogen) atoms. The Bertz CT molecular complexity index is 779. The number of hydrogen-bond donors (Lipinski definition) is 0. The van der Waals surface area contributed by atoms with Crippen LogP contribution in [0.1, 0.15) is 49.0 Å². The number of methoxy groups -OCH3 is 2. The van der Waals surface area contributed by atoms with Crippen LogP contribution in [0.2, 0.25) is 5.15 Å². The molecule has 132 valence electrons. The molecule has 1 saturated heterocycles. The van der Waals surface area contributed by atoms with Gasteiger partial charge in [-0.3, -0.25) is 0 Å². The summed E-state index contributed by atoms with van der Waals surface area (Å²) in [7, 11) is 3.36. The molecule has 1 aromatic heterocycles. The van der Waals surface area contributed by atoms with Gasteiger partial charge >= 0.3 is 0 Å². The average molecular weight is 360 g/mol. The minimum atomic E-state index is 0.221. The van der Waals surface area contributed by atoms with Crippen molar-refractivity contribution in [2.24, 2.45) is 0 Å². The molecule has 2 aliphatic rings. The maximum Gasteiger partial charge on any atom is 0.135 e. The minimum Gasteiger partial charge on any atom is -0.497 e. The zero-order valence-corrected chi connectivity index (χ0v) is 15.3. The van der Waals surface area contributed by atoms with E-state index in [1.165, 1.54) is 0 Å². The number of rotatable bonds is 5. The molecule has 0 amide bonds. The third kappa shape index (κ3) is 3.25. The smallest absolute Gasteiger partial charge is 0.135 e. The third-order valence-corrected chi connectivity index (χ3v) is 5.18. The van der Waals surface area contributed by atoms with E-state index in [9.17, 15) is 0 Å². The molecule has 2 fully saturated rings. The lowest BCUT2D eigenvalue weighted by atomic mass is 10.0. The first-order chi connectivity index (χ1) is 12.2. The van der Waals surface area contributed by atoms with Crippen molar-refractivity contribution in [1.29, 1.82) is 0 Å². The van der Waals surface area contributed by atoms with Crippen LogP contribution in [0.25, 0.3) is 0 Å². The van der Waals surface area contributed by atoms with Crippen LogP contribution in [0.3, 0.4) is 0 Å². The molecule has 0 N–H and O–H groups in total. The largest absolute Gasteiger partial charge is 0.497 e. The summed E-state index contributed by atoms with van der Waals surface area (Å²) in [5.74, 6) is 3.93. The predicted molar refractivity (Wildman–Crippen MR) is 97.9 cm³/mol. The molecule has 0 bridgehead atoms. The topological polar surface area (TPSA) is 47.5 Å². The van der Waals surface area contributed by atoms with Crippen molar-refractivity contribution in [3.05, 3.63) is 40.8 Å². The van der Waals surface area contributed by atoms with Gasteiger partial charge in [-0.2, -0.15) is 0 Å². The fraction of sp³-hybridized carbons (Fsp3) is 0.474. The van der Waals surface area contributed by atoms with Crippen LogP contribution < -0.4 is 14.4 Å². The molecule has 1 saturated carbocycles. The minimum absolute atomic E-state index is 0.221. The lowest BCUT2D eigenvalue weighted by Crippen LogP contribution is -2.24. The highest BCUT2D eigenvalue weighted by atomic mass is 35.5. The van der Waals surface area contributed by atoms with Gasteiger partial charge < -0.3 is 14.4 Å². The summed E-state index contributed by atoms with van der Waals surface area (Å²) in [6.45, 7) is 0.956. The second-order valence-electron chi connectivity index (χ2n) is 6.64. The first-order valence-corrected chi connectivity index (χ1v) is 9.10. The molecule has 1 unspecified atom stereocenters. The van der Waals surface area contributed by atoms with E-state index in [0.29, 0.717) is 11.1 Å². The van der Waals surface area contributed by atoms with Gasteiger partial charge in [-0.05, 0) is 37.8 Å². The van der Waals surface area contributed by atoms with Gasteiger partial charge in [0, 0.05) is 30.2 Å². The highest BCUT2D eigenvalue weighted by molar-refractivity contribution is 6.29. The molecule has 1 aliphatic heterocycles. The molecular weight excluding hydrogens is 338 g/mol. The molecule has 6 heteroatoms. The lowest BCUT2D eigenvalue weighted by molar-refractivity contribution is 0.388. The van der Waals surface area contributed by atoms with Crippen LogP contribution in [0.15, 0.2) is 24.3 Å². The van der Waals surface area contributed by atoms with E-state index in [2.05, 4.69) is 16.0 Å². The number of aromatic nitrogens is 2. The second kappa shape index (κ2) is 6.71. The number of hydrogen-bond acceptors (Lipinski definition) is 5. The first-order valence-electron chi connectivity index (χ1n) is 8.72. The van der Waals surface area contributed by atoms with Crippen molar-refractivity contribution < 1.29 is 9.47 Å². The maximum atomic E-state index is 6.27. The van der Waals surface area contributed by atoms with E-state index in [0.717, 1.165) is 60.9 Å². The highest BCUT2D eigenvalue weighted by Crippen LogP contribution is 2.43. The van der Waals surface area contributed by atoms with Gasteiger partial charge in [-0.25, -0.2) is 9.97 Å². The third-order valence-electron chi connectivity index (χ3n) is 4.99. The van der Waals surface area contributed by atoms with Crippen molar-refractivity contribution in [3.63, 3.8) is 0 Å². The fourth-order valence-electron chi connectivity index (χ4n) is 3.55. The molecule has 2 heterocycles. The quantitative estimate of drug-likeness (QED) is 0.742. The zero-order chi connectivity index (χ0) is 17.4. The Hall–Kier alpha value is -2.01. The number of nitrogens with zero attached hydrogens (tertiary/aromatic N) is 3. The summed E-state index contributed by atoms with van der Waals surface area (Å²) in [6, 6.07) is 8.11. The summed E-state index contributed by atoms with van der Waals surface area (Å²) >= 11 is 6.27. The van der Waals surface area contributed by atoms with Gasteiger partial charge in [0.1, 0.15) is 28.3 Å². The van der Waals surface area contributed by atoms with Gasteiger partial charge in [0.2, 0.25) is 0 Å². The number of benzene rings is 1. The Balaban J connectivity index is 1.69. The van der Waals surface area contributed by atoms with E-state index in [1.54, 1.807) is 14.2 Å². The summed E-state index contributed by atoms with van der Waals surface area (Å²) in [4.78, 5) is 11.5. The molecule has 1 atom stereocenters. The first kappa shape index (κ1) is 16.5. The zero-order valence-electron chi connectivity index (χ0n) is 14.5. The van der Waals surface area contributed by atoms with Crippen LogP contribution in [0, 0.1) is 0 Å². The van der Waals surface area contributed by atoms with E-state index >= 15 is 0 Å². The van der Waals surface area contributed by atoms with E-state index in [4.69, 9.17) is 26.1 Å². The van der Waals surface area contributed by atoms with Crippen molar-refractivity contribution >= 4 is 17.4 Å². The Morgan fingerprint density at radius 3 is 2.64 bits per heavy atom. The fourth-order valence-corrected chi connectivity index (χ4v) is 3.74. The Kier molecular flexibility index (Phi) is 4.42. The Morgan fingerprint density at radius 2 is 1.92 bits per heavy atom. The van der Waals surface area contributed by atoms with Crippen molar-refractivity contribution in [2.45, 2.75) is 37.6 Å². The summed E-state index contributed by atoms with van der Waals surface area (Å²) < 4.78 is 10.9. The van der Waals surface area contributed by atoms with Crippen LogP contribution >= 0.6 is 11.6 Å². The normalized spacial score (nSPS) is 20.0. The molecule has 2 aromatic rings. The average Bonchev–Trinajstić information content (AvgIpc) is 3.37. The van der Waals surface area contributed by atoms with Crippen LogP contribution in [0.5, 0.6) is 11.5 Å². The van der Waals surface area contributed by atoms with Crippen LogP contribution in [-0.2, 0) is 0 Å². The SMILES string of the molecule is COc1ccc(C2CCCN2c2cc(Cl)nc(C3CC3)n2)c(OC)c1. The molecule has 5 nitrogen and oxygen atoms in total. The van der Waals surface area contributed by atoms with E-state index in [-0.39, 0.29) is 6.04 Å². The van der Waals surface area contributed by atoms with Gasteiger partial charge in [-0.1, -0.05) is 11.6 Å². The highest BCUT2D eigenvalue weighted by Gasteiger charge is 2.32. The van der Waals surface area contributed by atoms with Crippen LogP contribution in [0.4, 0.5) is 5.82 Å². The molecular formula is C19H22ClN3O2. The molecule has 0 spiro atoms. The summed E-state index contributed by atoms with van der Waals surface area (Å²) in [5, 5.41) is 0.527. The van der Waals surface area contributed by atoms with Gasteiger partial charge in [-0.15, -0.1) is 0 Å². The van der Waals surface area contributed by atoms with Crippen molar-refractivity contribution in [2.75, 3.05) is 25.7 Å². The molecule has 0 radical (unpaired) electrons. The monoisotopic (exact) mass is 359 g/mol. The van der Waals surface area contributed by atoms with E-state index in [1.807, 2.05) is 18.2 Å². The Labute approximate surface area is 152 Å². The molecule has 4 rings (SSSR count).